The lowest BCUT2D eigenvalue weighted by Crippen LogP contribution is -2.33. The Labute approximate surface area is 137 Å². The van der Waals surface area contributed by atoms with Gasteiger partial charge in [0.25, 0.3) is 5.91 Å². The minimum atomic E-state index is -1.09. The van der Waals surface area contributed by atoms with E-state index in [2.05, 4.69) is 0 Å². The van der Waals surface area contributed by atoms with Crippen molar-refractivity contribution in [3.8, 4) is 5.75 Å². The predicted molar refractivity (Wildman–Crippen MR) is 90.0 cm³/mol. The number of carboxylic acids is 1. The van der Waals surface area contributed by atoms with Crippen molar-refractivity contribution in [3.05, 3.63) is 33.7 Å². The Kier molecular flexibility index (Phi) is 4.87. The molecule has 0 bridgehead atoms. The fourth-order valence-corrected chi connectivity index (χ4v) is 3.57. The molecule has 1 amide bonds. The van der Waals surface area contributed by atoms with Gasteiger partial charge in [0, 0.05) is 0 Å². The van der Waals surface area contributed by atoms with Crippen LogP contribution in [0.15, 0.2) is 17.0 Å². The summed E-state index contributed by atoms with van der Waals surface area (Å²) in [5.41, 5.74) is 2.79. The van der Waals surface area contributed by atoms with Gasteiger partial charge in [-0.1, -0.05) is 24.0 Å². The molecule has 2 rings (SSSR count). The number of amides is 1. The van der Waals surface area contributed by atoms with E-state index in [1.165, 1.54) is 0 Å². The van der Waals surface area contributed by atoms with Gasteiger partial charge in [-0.15, -0.1) is 0 Å². The first-order valence-electron chi connectivity index (χ1n) is 6.46. The maximum atomic E-state index is 12.2. The van der Waals surface area contributed by atoms with Gasteiger partial charge in [0.2, 0.25) is 0 Å². The SMILES string of the molecule is COc1c(C)cc(/C=C2/SC(=S)N(CC(=O)O)C2=O)cc1C. The Bertz CT molecular complexity index is 674. The van der Waals surface area contributed by atoms with Gasteiger partial charge in [-0.05, 0) is 48.7 Å². The first-order valence-corrected chi connectivity index (χ1v) is 7.68. The van der Waals surface area contributed by atoms with Crippen LogP contribution in [0.25, 0.3) is 6.08 Å². The monoisotopic (exact) mass is 337 g/mol. The zero-order valence-electron chi connectivity index (χ0n) is 12.4. The largest absolute Gasteiger partial charge is 0.496 e. The summed E-state index contributed by atoms with van der Waals surface area (Å²) in [6.45, 7) is 3.44. The van der Waals surface area contributed by atoms with E-state index >= 15 is 0 Å². The number of carboxylic acid groups (broad SMARTS) is 1. The molecule has 1 heterocycles. The number of thiocarbonyl (C=S) groups is 1. The van der Waals surface area contributed by atoms with E-state index in [0.29, 0.717) is 4.91 Å². The van der Waals surface area contributed by atoms with Crippen LogP contribution in [-0.2, 0) is 9.59 Å². The molecule has 0 atom stereocenters. The van der Waals surface area contributed by atoms with Crippen molar-refractivity contribution in [2.24, 2.45) is 0 Å². The number of aliphatic carboxylic acids is 1. The first kappa shape index (κ1) is 16.5. The van der Waals surface area contributed by atoms with Crippen LogP contribution in [0.2, 0.25) is 0 Å². The maximum Gasteiger partial charge on any atom is 0.323 e. The quantitative estimate of drug-likeness (QED) is 0.673. The molecule has 0 radical (unpaired) electrons. The van der Waals surface area contributed by atoms with E-state index in [0.717, 1.165) is 39.1 Å². The summed E-state index contributed by atoms with van der Waals surface area (Å²) in [6.07, 6.45) is 1.72. The van der Waals surface area contributed by atoms with Gasteiger partial charge in [0.1, 0.15) is 16.6 Å². The molecule has 22 heavy (non-hydrogen) atoms. The van der Waals surface area contributed by atoms with Crippen molar-refractivity contribution in [2.75, 3.05) is 13.7 Å². The number of benzene rings is 1. The standard InChI is InChI=1S/C15H15NO4S2/c1-8-4-10(5-9(2)13(8)20-3)6-11-14(19)16(7-12(17)18)15(21)22-11/h4-6H,7H2,1-3H3,(H,17,18)/b11-6+. The molecular weight excluding hydrogens is 322 g/mol. The highest BCUT2D eigenvalue weighted by Crippen LogP contribution is 2.33. The second kappa shape index (κ2) is 6.50. The molecule has 5 nitrogen and oxygen atoms in total. The van der Waals surface area contributed by atoms with Crippen molar-refractivity contribution >= 4 is 46.3 Å². The van der Waals surface area contributed by atoms with Crippen molar-refractivity contribution in [3.63, 3.8) is 0 Å². The fraction of sp³-hybridized carbons (Fsp3) is 0.267. The number of ether oxygens (including phenoxy) is 1. The second-order valence-electron chi connectivity index (χ2n) is 4.85. The summed E-state index contributed by atoms with van der Waals surface area (Å²) in [7, 11) is 1.62. The topological polar surface area (TPSA) is 66.8 Å². The smallest absolute Gasteiger partial charge is 0.323 e. The fourth-order valence-electron chi connectivity index (χ4n) is 2.31. The first-order chi connectivity index (χ1) is 10.3. The van der Waals surface area contributed by atoms with E-state index in [-0.39, 0.29) is 10.2 Å². The third-order valence-electron chi connectivity index (χ3n) is 3.15. The molecule has 7 heteroatoms. The van der Waals surface area contributed by atoms with Crippen molar-refractivity contribution in [2.45, 2.75) is 13.8 Å². The van der Waals surface area contributed by atoms with Crippen molar-refractivity contribution in [1.29, 1.82) is 0 Å². The molecule has 1 aliphatic rings. The Morgan fingerprint density at radius 3 is 2.50 bits per heavy atom. The second-order valence-corrected chi connectivity index (χ2v) is 6.53. The average molecular weight is 337 g/mol. The molecule has 0 unspecified atom stereocenters. The van der Waals surface area contributed by atoms with Crippen molar-refractivity contribution in [1.82, 2.24) is 4.90 Å². The number of rotatable bonds is 4. The van der Waals surface area contributed by atoms with E-state index in [9.17, 15) is 9.59 Å². The number of nitrogens with zero attached hydrogens (tertiary/aromatic N) is 1. The van der Waals surface area contributed by atoms with Crippen LogP contribution < -0.4 is 4.74 Å². The van der Waals surface area contributed by atoms with Crippen LogP contribution in [-0.4, -0.2) is 39.9 Å². The van der Waals surface area contributed by atoms with Crippen LogP contribution in [0.5, 0.6) is 5.75 Å². The average Bonchev–Trinajstić information content (AvgIpc) is 2.66. The molecule has 0 aliphatic carbocycles. The minimum absolute atomic E-state index is 0.264. The lowest BCUT2D eigenvalue weighted by molar-refractivity contribution is -0.140. The van der Waals surface area contributed by atoms with E-state index < -0.39 is 12.5 Å². The normalized spacial score (nSPS) is 16.5. The van der Waals surface area contributed by atoms with Gasteiger partial charge in [-0.2, -0.15) is 0 Å². The van der Waals surface area contributed by atoms with E-state index in [1.54, 1.807) is 13.2 Å². The van der Waals surface area contributed by atoms with Crippen LogP contribution in [0.4, 0.5) is 0 Å². The number of aryl methyl sites for hydroxylation is 2. The Hall–Kier alpha value is -1.86. The van der Waals surface area contributed by atoms with E-state index in [4.69, 9.17) is 22.1 Å². The summed E-state index contributed by atoms with van der Waals surface area (Å²) in [4.78, 5) is 24.5. The summed E-state index contributed by atoms with van der Waals surface area (Å²) >= 11 is 6.18. The molecule has 1 aromatic rings. The van der Waals surface area contributed by atoms with E-state index in [1.807, 2.05) is 26.0 Å². The number of hydrogen-bond donors (Lipinski definition) is 1. The molecule has 0 spiro atoms. The third-order valence-corrected chi connectivity index (χ3v) is 4.53. The Morgan fingerprint density at radius 2 is 2.00 bits per heavy atom. The Morgan fingerprint density at radius 1 is 1.41 bits per heavy atom. The van der Waals surface area contributed by atoms with Gasteiger partial charge in [-0.3, -0.25) is 14.5 Å². The van der Waals surface area contributed by atoms with Crippen LogP contribution in [0.3, 0.4) is 0 Å². The third kappa shape index (κ3) is 3.31. The van der Waals surface area contributed by atoms with Gasteiger partial charge in [0.15, 0.2) is 0 Å². The highest BCUT2D eigenvalue weighted by molar-refractivity contribution is 8.26. The summed E-state index contributed by atoms with van der Waals surface area (Å²) in [5, 5.41) is 8.82. The molecule has 116 valence electrons. The number of carbonyl (C=O) groups excluding carboxylic acids is 1. The maximum absolute atomic E-state index is 12.2. The van der Waals surface area contributed by atoms with Gasteiger partial charge in [0.05, 0.1) is 12.0 Å². The van der Waals surface area contributed by atoms with Crippen LogP contribution >= 0.6 is 24.0 Å². The van der Waals surface area contributed by atoms with Crippen LogP contribution in [0.1, 0.15) is 16.7 Å². The van der Waals surface area contributed by atoms with Gasteiger partial charge < -0.3 is 9.84 Å². The number of thioether (sulfide) groups is 1. The van der Waals surface area contributed by atoms with Crippen LogP contribution in [0, 0.1) is 13.8 Å². The molecule has 1 aromatic carbocycles. The van der Waals surface area contributed by atoms with Gasteiger partial charge >= 0.3 is 5.97 Å². The lowest BCUT2D eigenvalue weighted by Gasteiger charge is -2.10. The zero-order valence-corrected chi connectivity index (χ0v) is 14.0. The minimum Gasteiger partial charge on any atom is -0.496 e. The summed E-state index contributed by atoms with van der Waals surface area (Å²) in [5.74, 6) is -0.646. The molecule has 0 aromatic heterocycles. The van der Waals surface area contributed by atoms with Gasteiger partial charge in [-0.25, -0.2) is 0 Å². The molecule has 1 N–H and O–H groups in total. The number of methoxy groups -OCH3 is 1. The molecular formula is C15H15NO4S2. The highest BCUT2D eigenvalue weighted by Gasteiger charge is 2.33. The summed E-state index contributed by atoms with van der Waals surface area (Å²) < 4.78 is 5.58. The predicted octanol–water partition coefficient (Wildman–Crippen LogP) is 2.60. The molecule has 1 fully saturated rings. The molecule has 0 saturated carbocycles. The Balaban J connectivity index is 2.33. The van der Waals surface area contributed by atoms with Crippen molar-refractivity contribution < 1.29 is 19.4 Å². The zero-order chi connectivity index (χ0) is 16.4. The number of carbonyl (C=O) groups is 2. The summed E-state index contributed by atoms with van der Waals surface area (Å²) in [6, 6.07) is 3.82. The lowest BCUT2D eigenvalue weighted by atomic mass is 10.1. The molecule has 1 aliphatic heterocycles. The molecule has 1 saturated heterocycles. The highest BCUT2D eigenvalue weighted by atomic mass is 32.2. The number of hydrogen-bond acceptors (Lipinski definition) is 5.